The summed E-state index contributed by atoms with van der Waals surface area (Å²) >= 11 is 3.09. The average Bonchev–Trinajstić information content (AvgIpc) is 2.85. The summed E-state index contributed by atoms with van der Waals surface area (Å²) in [5.41, 5.74) is 1.18. The van der Waals surface area contributed by atoms with E-state index in [2.05, 4.69) is 10.3 Å². The van der Waals surface area contributed by atoms with Crippen molar-refractivity contribution in [2.45, 2.75) is 13.8 Å². The van der Waals surface area contributed by atoms with Crippen molar-refractivity contribution in [3.8, 4) is 0 Å². The summed E-state index contributed by atoms with van der Waals surface area (Å²) in [6.07, 6.45) is 5.11. The van der Waals surface area contributed by atoms with Gasteiger partial charge in [-0.2, -0.15) is 0 Å². The van der Waals surface area contributed by atoms with Gasteiger partial charge >= 0.3 is 0 Å². The fourth-order valence-electron chi connectivity index (χ4n) is 1.27. The normalized spacial score (nSPS) is 10.9. The lowest BCUT2D eigenvalue weighted by Crippen LogP contribution is -2.06. The van der Waals surface area contributed by atoms with Gasteiger partial charge in [-0.05, 0) is 36.9 Å². The van der Waals surface area contributed by atoms with Crippen molar-refractivity contribution in [3.63, 3.8) is 0 Å². The summed E-state index contributed by atoms with van der Waals surface area (Å²) in [5.74, 6) is -0.146. The second-order valence-electron chi connectivity index (χ2n) is 3.57. The number of thiazole rings is 1. The highest BCUT2D eigenvalue weighted by molar-refractivity contribution is 7.15. The molecule has 0 radical (unpaired) electrons. The first-order chi connectivity index (χ1) is 8.15. The van der Waals surface area contributed by atoms with Gasteiger partial charge in [-0.3, -0.25) is 10.1 Å². The Morgan fingerprint density at radius 2 is 2.29 bits per heavy atom. The fourth-order valence-corrected chi connectivity index (χ4v) is 2.75. The molecule has 0 unspecified atom stereocenters. The number of hydrogen-bond acceptors (Lipinski definition) is 4. The Morgan fingerprint density at radius 1 is 1.47 bits per heavy atom. The predicted molar refractivity (Wildman–Crippen MR) is 73.6 cm³/mol. The second-order valence-corrected chi connectivity index (χ2v) is 5.75. The van der Waals surface area contributed by atoms with Crippen molar-refractivity contribution in [2.75, 3.05) is 5.32 Å². The number of aromatic nitrogens is 1. The molecule has 0 bridgehead atoms. The van der Waals surface area contributed by atoms with Gasteiger partial charge in [0.05, 0.1) is 0 Å². The lowest BCUT2D eigenvalue weighted by Gasteiger charge is -1.95. The quantitative estimate of drug-likeness (QED) is 0.862. The van der Waals surface area contributed by atoms with Gasteiger partial charge < -0.3 is 0 Å². The standard InChI is InChI=1S/C12H12N2OS2/c1-8-5-6-16-10(8)3-4-11(15)14-12-13-7-9(2)17-12/h3-7H,1-2H3,(H,13,14,15)/b4-3+. The molecular formula is C12H12N2OS2. The Hall–Kier alpha value is -1.46. The molecule has 0 atom stereocenters. The Morgan fingerprint density at radius 3 is 2.88 bits per heavy atom. The van der Waals surface area contributed by atoms with Crippen LogP contribution in [0.5, 0.6) is 0 Å². The smallest absolute Gasteiger partial charge is 0.250 e. The Kier molecular flexibility index (Phi) is 3.71. The maximum absolute atomic E-state index is 11.6. The number of hydrogen-bond donors (Lipinski definition) is 1. The molecule has 0 saturated heterocycles. The van der Waals surface area contributed by atoms with Crippen LogP contribution >= 0.6 is 22.7 Å². The maximum atomic E-state index is 11.6. The molecule has 2 rings (SSSR count). The van der Waals surface area contributed by atoms with Crippen LogP contribution in [0, 0.1) is 13.8 Å². The van der Waals surface area contributed by atoms with Crippen LogP contribution in [0.4, 0.5) is 5.13 Å². The summed E-state index contributed by atoms with van der Waals surface area (Å²) < 4.78 is 0. The number of carbonyl (C=O) groups excluding carboxylic acids is 1. The van der Waals surface area contributed by atoms with E-state index in [4.69, 9.17) is 0 Å². The topological polar surface area (TPSA) is 42.0 Å². The Bertz CT molecular complexity index is 554. The number of aryl methyl sites for hydroxylation is 2. The molecule has 0 aliphatic rings. The van der Waals surface area contributed by atoms with Gasteiger partial charge in [0, 0.05) is 22.0 Å². The third-order valence-electron chi connectivity index (χ3n) is 2.14. The van der Waals surface area contributed by atoms with Crippen LogP contribution in [-0.2, 0) is 4.79 Å². The molecule has 88 valence electrons. The number of rotatable bonds is 3. The molecule has 0 saturated carbocycles. The monoisotopic (exact) mass is 264 g/mol. The molecule has 0 aliphatic heterocycles. The van der Waals surface area contributed by atoms with E-state index in [1.807, 2.05) is 31.4 Å². The van der Waals surface area contributed by atoms with Gasteiger partial charge in [0.25, 0.3) is 0 Å². The van der Waals surface area contributed by atoms with E-state index in [1.54, 1.807) is 17.5 Å². The predicted octanol–water partition coefficient (Wildman–Crippen LogP) is 3.47. The molecule has 2 aromatic rings. The molecule has 1 amide bonds. The van der Waals surface area contributed by atoms with Crippen LogP contribution in [0.3, 0.4) is 0 Å². The van der Waals surface area contributed by atoms with Crippen molar-refractivity contribution >= 4 is 39.8 Å². The van der Waals surface area contributed by atoms with Gasteiger partial charge in [0.1, 0.15) is 0 Å². The van der Waals surface area contributed by atoms with E-state index >= 15 is 0 Å². The summed E-state index contributed by atoms with van der Waals surface area (Å²) in [7, 11) is 0. The van der Waals surface area contributed by atoms with Crippen molar-refractivity contribution in [1.82, 2.24) is 4.98 Å². The highest BCUT2D eigenvalue weighted by atomic mass is 32.1. The van der Waals surface area contributed by atoms with E-state index in [0.29, 0.717) is 5.13 Å². The van der Waals surface area contributed by atoms with Gasteiger partial charge in [-0.15, -0.1) is 22.7 Å². The second kappa shape index (κ2) is 5.25. The number of carbonyl (C=O) groups is 1. The van der Waals surface area contributed by atoms with Crippen molar-refractivity contribution in [1.29, 1.82) is 0 Å². The Balaban J connectivity index is 1.98. The first-order valence-corrected chi connectivity index (χ1v) is 6.80. The lowest BCUT2D eigenvalue weighted by molar-refractivity contribution is -0.111. The highest BCUT2D eigenvalue weighted by Crippen LogP contribution is 2.18. The summed E-state index contributed by atoms with van der Waals surface area (Å²) in [6, 6.07) is 2.03. The van der Waals surface area contributed by atoms with Gasteiger partial charge in [0.2, 0.25) is 5.91 Å². The molecule has 2 aromatic heterocycles. The molecule has 0 spiro atoms. The zero-order chi connectivity index (χ0) is 12.3. The van der Waals surface area contributed by atoms with E-state index in [0.717, 1.165) is 9.75 Å². The maximum Gasteiger partial charge on any atom is 0.250 e. The highest BCUT2D eigenvalue weighted by Gasteiger charge is 2.02. The largest absolute Gasteiger partial charge is 0.298 e. The summed E-state index contributed by atoms with van der Waals surface area (Å²) in [4.78, 5) is 17.9. The molecular weight excluding hydrogens is 252 g/mol. The summed E-state index contributed by atoms with van der Waals surface area (Å²) in [5, 5.41) is 5.38. The SMILES string of the molecule is Cc1cnc(NC(=O)/C=C/c2sccc2C)s1. The molecule has 0 fully saturated rings. The van der Waals surface area contributed by atoms with Crippen LogP contribution in [0.1, 0.15) is 15.3 Å². The van der Waals surface area contributed by atoms with Gasteiger partial charge in [-0.25, -0.2) is 4.98 Å². The van der Waals surface area contributed by atoms with Crippen LogP contribution in [-0.4, -0.2) is 10.9 Å². The van der Waals surface area contributed by atoms with E-state index in [1.165, 1.54) is 23.0 Å². The number of thiophene rings is 1. The van der Waals surface area contributed by atoms with Crippen LogP contribution in [0.15, 0.2) is 23.7 Å². The van der Waals surface area contributed by atoms with Gasteiger partial charge in [0.15, 0.2) is 5.13 Å². The third-order valence-corrected chi connectivity index (χ3v) is 3.95. The first-order valence-electron chi connectivity index (χ1n) is 5.11. The lowest BCUT2D eigenvalue weighted by atomic mass is 10.3. The third kappa shape index (κ3) is 3.25. The molecule has 0 aliphatic carbocycles. The molecule has 17 heavy (non-hydrogen) atoms. The van der Waals surface area contributed by atoms with Crippen LogP contribution in [0.25, 0.3) is 6.08 Å². The van der Waals surface area contributed by atoms with E-state index in [-0.39, 0.29) is 5.91 Å². The van der Waals surface area contributed by atoms with Gasteiger partial charge in [-0.1, -0.05) is 0 Å². The summed E-state index contributed by atoms with van der Waals surface area (Å²) in [6.45, 7) is 3.98. The fraction of sp³-hybridized carbons (Fsp3) is 0.167. The minimum Gasteiger partial charge on any atom is -0.298 e. The molecule has 2 heterocycles. The average molecular weight is 264 g/mol. The van der Waals surface area contributed by atoms with E-state index in [9.17, 15) is 4.79 Å². The Labute approximate surface area is 108 Å². The van der Waals surface area contributed by atoms with Crippen LogP contribution in [0.2, 0.25) is 0 Å². The molecule has 0 aromatic carbocycles. The zero-order valence-corrected chi connectivity index (χ0v) is 11.2. The minimum absolute atomic E-state index is 0.146. The molecule has 1 N–H and O–H groups in total. The first kappa shape index (κ1) is 12.0. The number of nitrogens with one attached hydrogen (secondary N) is 1. The van der Waals surface area contributed by atoms with Crippen molar-refractivity contribution < 1.29 is 4.79 Å². The molecule has 3 nitrogen and oxygen atoms in total. The van der Waals surface area contributed by atoms with Crippen molar-refractivity contribution in [3.05, 3.63) is 39.0 Å². The van der Waals surface area contributed by atoms with Crippen LogP contribution < -0.4 is 5.32 Å². The van der Waals surface area contributed by atoms with Crippen molar-refractivity contribution in [2.24, 2.45) is 0 Å². The van der Waals surface area contributed by atoms with E-state index < -0.39 is 0 Å². The zero-order valence-electron chi connectivity index (χ0n) is 9.56. The number of amides is 1. The minimum atomic E-state index is -0.146. The molecule has 5 heteroatoms. The number of anilines is 1. The number of nitrogens with zero attached hydrogens (tertiary/aromatic N) is 1.